The number of aromatic carboxylic acids is 1. The van der Waals surface area contributed by atoms with Gasteiger partial charge in [0.25, 0.3) is 0 Å². The number of nitrogens with zero attached hydrogens (tertiary/aromatic N) is 2. The number of aromatic nitrogens is 1. The third-order valence-corrected chi connectivity index (χ3v) is 3.89. The number of anilines is 1. The Morgan fingerprint density at radius 1 is 1.08 bits per heavy atom. The average Bonchev–Trinajstić information content (AvgIpc) is 2.59. The topological polar surface area (TPSA) is 62.7 Å². The van der Waals surface area contributed by atoms with Gasteiger partial charge in [0.15, 0.2) is 0 Å². The molecule has 5 nitrogen and oxygen atoms in total. The number of carbonyl (C=O) groups is 1. The maximum atomic E-state index is 11.9. The zero-order valence-corrected chi connectivity index (χ0v) is 13.8. The highest BCUT2D eigenvalue weighted by Crippen LogP contribution is 2.36. The molecule has 0 amide bonds. The quantitative estimate of drug-likeness (QED) is 0.794. The number of hydrogen-bond acceptors (Lipinski definition) is 4. The molecule has 3 aromatic rings. The number of pyridine rings is 1. The van der Waals surface area contributed by atoms with Crippen molar-refractivity contribution in [1.82, 2.24) is 4.98 Å². The minimum absolute atomic E-state index is 0.261. The van der Waals surface area contributed by atoms with Crippen LogP contribution in [0.5, 0.6) is 5.75 Å². The van der Waals surface area contributed by atoms with E-state index in [2.05, 4.69) is 0 Å². The van der Waals surface area contributed by atoms with Crippen molar-refractivity contribution in [3.05, 3.63) is 54.1 Å². The Balaban J connectivity index is 2.37. The lowest BCUT2D eigenvalue weighted by Crippen LogP contribution is -2.16. The third kappa shape index (κ3) is 2.65. The van der Waals surface area contributed by atoms with Crippen LogP contribution in [0.3, 0.4) is 0 Å². The van der Waals surface area contributed by atoms with Gasteiger partial charge in [-0.05, 0) is 30.3 Å². The molecular weight excluding hydrogens is 304 g/mol. The molecule has 0 aliphatic rings. The van der Waals surface area contributed by atoms with E-state index in [9.17, 15) is 9.90 Å². The van der Waals surface area contributed by atoms with Crippen molar-refractivity contribution >= 4 is 22.6 Å². The highest BCUT2D eigenvalue weighted by Gasteiger charge is 2.22. The first-order chi connectivity index (χ1) is 11.5. The fourth-order valence-electron chi connectivity index (χ4n) is 2.80. The molecule has 0 saturated heterocycles. The van der Waals surface area contributed by atoms with Gasteiger partial charge >= 0.3 is 5.97 Å². The largest absolute Gasteiger partial charge is 0.497 e. The summed E-state index contributed by atoms with van der Waals surface area (Å²) in [6.07, 6.45) is 0. The van der Waals surface area contributed by atoms with E-state index in [1.807, 2.05) is 56.6 Å². The summed E-state index contributed by atoms with van der Waals surface area (Å²) in [5, 5.41) is 10.4. The Hall–Kier alpha value is -3.08. The Kier molecular flexibility index (Phi) is 4.08. The first kappa shape index (κ1) is 15.8. The lowest BCUT2D eigenvalue weighted by molar-refractivity contribution is 0.0699. The summed E-state index contributed by atoms with van der Waals surface area (Å²) in [6.45, 7) is 0. The number of carboxylic acids is 1. The Labute approximate surface area is 140 Å². The number of para-hydroxylation sites is 1. The molecule has 1 heterocycles. The lowest BCUT2D eigenvalue weighted by Gasteiger charge is -2.21. The zero-order valence-electron chi connectivity index (χ0n) is 13.8. The Morgan fingerprint density at radius 3 is 2.33 bits per heavy atom. The van der Waals surface area contributed by atoms with Crippen LogP contribution in [0.25, 0.3) is 22.2 Å². The molecular formula is C19H18N2O3. The molecule has 1 aromatic heterocycles. The van der Waals surface area contributed by atoms with E-state index in [1.54, 1.807) is 18.1 Å². The predicted octanol–water partition coefficient (Wildman–Crippen LogP) is 3.67. The maximum absolute atomic E-state index is 11.9. The second-order valence-corrected chi connectivity index (χ2v) is 5.63. The summed E-state index contributed by atoms with van der Waals surface area (Å²) in [7, 11) is 5.26. The highest BCUT2D eigenvalue weighted by molar-refractivity contribution is 6.10. The molecule has 0 aliphatic heterocycles. The summed E-state index contributed by atoms with van der Waals surface area (Å²) in [5.41, 5.74) is 2.99. The van der Waals surface area contributed by atoms with Crippen molar-refractivity contribution in [3.8, 4) is 17.0 Å². The summed E-state index contributed by atoms with van der Waals surface area (Å²) >= 11 is 0. The van der Waals surface area contributed by atoms with Crippen molar-refractivity contribution < 1.29 is 14.6 Å². The van der Waals surface area contributed by atoms with E-state index in [4.69, 9.17) is 9.72 Å². The summed E-state index contributed by atoms with van der Waals surface area (Å²) in [5.74, 6) is -0.225. The average molecular weight is 322 g/mol. The van der Waals surface area contributed by atoms with Gasteiger partial charge in [0.05, 0.1) is 29.6 Å². The second kappa shape index (κ2) is 6.20. The fourth-order valence-corrected chi connectivity index (χ4v) is 2.80. The smallest absolute Gasteiger partial charge is 0.338 e. The van der Waals surface area contributed by atoms with Crippen LogP contribution in [-0.2, 0) is 0 Å². The van der Waals surface area contributed by atoms with Gasteiger partial charge in [-0.1, -0.05) is 18.2 Å². The minimum atomic E-state index is -0.966. The Bertz CT molecular complexity index is 902. The van der Waals surface area contributed by atoms with Gasteiger partial charge < -0.3 is 14.7 Å². The molecule has 0 atom stereocenters. The molecule has 0 unspecified atom stereocenters. The molecule has 0 radical (unpaired) electrons. The van der Waals surface area contributed by atoms with Crippen LogP contribution in [0.1, 0.15) is 10.4 Å². The van der Waals surface area contributed by atoms with Crippen LogP contribution in [0.2, 0.25) is 0 Å². The zero-order chi connectivity index (χ0) is 17.3. The van der Waals surface area contributed by atoms with Gasteiger partial charge in [-0.25, -0.2) is 9.78 Å². The predicted molar refractivity (Wildman–Crippen MR) is 95.0 cm³/mol. The van der Waals surface area contributed by atoms with Crippen molar-refractivity contribution in [2.75, 3.05) is 26.1 Å². The lowest BCUT2D eigenvalue weighted by atomic mass is 10.0. The molecule has 0 bridgehead atoms. The molecule has 0 saturated carbocycles. The molecule has 3 rings (SSSR count). The molecule has 0 aliphatic carbocycles. The van der Waals surface area contributed by atoms with Crippen LogP contribution in [-0.4, -0.2) is 37.3 Å². The SMILES string of the molecule is COc1ccc(-c2nc3ccccc3c(C(=O)O)c2N(C)C)cc1. The van der Waals surface area contributed by atoms with Crippen LogP contribution < -0.4 is 9.64 Å². The number of methoxy groups -OCH3 is 1. The summed E-state index contributed by atoms with van der Waals surface area (Å²) < 4.78 is 5.19. The minimum Gasteiger partial charge on any atom is -0.497 e. The van der Waals surface area contributed by atoms with Gasteiger partial charge in [-0.2, -0.15) is 0 Å². The monoisotopic (exact) mass is 322 g/mol. The van der Waals surface area contributed by atoms with Gasteiger partial charge in [0.2, 0.25) is 0 Å². The van der Waals surface area contributed by atoms with Crippen LogP contribution >= 0.6 is 0 Å². The van der Waals surface area contributed by atoms with Crippen molar-refractivity contribution in [3.63, 3.8) is 0 Å². The summed E-state index contributed by atoms with van der Waals surface area (Å²) in [6, 6.07) is 14.7. The number of ether oxygens (including phenoxy) is 1. The van der Waals surface area contributed by atoms with E-state index < -0.39 is 5.97 Å². The van der Waals surface area contributed by atoms with Gasteiger partial charge in [-0.15, -0.1) is 0 Å². The standard InChI is InChI=1S/C19H18N2O3/c1-21(2)18-16(19(22)23)14-6-4-5-7-15(14)20-17(18)12-8-10-13(24-3)11-9-12/h4-11H,1-3H3,(H,22,23). The van der Waals surface area contributed by atoms with Gasteiger partial charge in [0.1, 0.15) is 5.75 Å². The van der Waals surface area contributed by atoms with E-state index in [0.717, 1.165) is 11.3 Å². The highest BCUT2D eigenvalue weighted by atomic mass is 16.5. The number of fused-ring (bicyclic) bond motifs is 1. The fraction of sp³-hybridized carbons (Fsp3) is 0.158. The normalized spacial score (nSPS) is 10.6. The first-order valence-electron chi connectivity index (χ1n) is 7.50. The summed E-state index contributed by atoms with van der Waals surface area (Å²) in [4.78, 5) is 18.5. The maximum Gasteiger partial charge on any atom is 0.338 e. The van der Waals surface area contributed by atoms with Crippen LogP contribution in [0, 0.1) is 0 Å². The third-order valence-electron chi connectivity index (χ3n) is 3.89. The number of carboxylic acid groups (broad SMARTS) is 1. The molecule has 0 fully saturated rings. The van der Waals surface area contributed by atoms with Crippen LogP contribution in [0.15, 0.2) is 48.5 Å². The van der Waals surface area contributed by atoms with Crippen molar-refractivity contribution in [2.24, 2.45) is 0 Å². The van der Waals surface area contributed by atoms with Crippen molar-refractivity contribution in [1.29, 1.82) is 0 Å². The number of hydrogen-bond donors (Lipinski definition) is 1. The first-order valence-corrected chi connectivity index (χ1v) is 7.50. The molecule has 0 spiro atoms. The number of rotatable bonds is 4. The van der Waals surface area contributed by atoms with E-state index >= 15 is 0 Å². The molecule has 5 heteroatoms. The van der Waals surface area contributed by atoms with E-state index in [0.29, 0.717) is 22.3 Å². The van der Waals surface area contributed by atoms with Crippen molar-refractivity contribution in [2.45, 2.75) is 0 Å². The van der Waals surface area contributed by atoms with Gasteiger partial charge in [-0.3, -0.25) is 0 Å². The van der Waals surface area contributed by atoms with E-state index in [1.165, 1.54) is 0 Å². The molecule has 24 heavy (non-hydrogen) atoms. The number of benzene rings is 2. The molecule has 1 N–H and O–H groups in total. The molecule has 2 aromatic carbocycles. The van der Waals surface area contributed by atoms with Crippen LogP contribution in [0.4, 0.5) is 5.69 Å². The molecule has 122 valence electrons. The second-order valence-electron chi connectivity index (χ2n) is 5.63. The van der Waals surface area contributed by atoms with Gasteiger partial charge in [0, 0.05) is 25.0 Å². The Morgan fingerprint density at radius 2 is 1.75 bits per heavy atom. The van der Waals surface area contributed by atoms with E-state index in [-0.39, 0.29) is 5.56 Å².